The fourth-order valence-electron chi connectivity index (χ4n) is 5.77. The summed E-state index contributed by atoms with van der Waals surface area (Å²) < 4.78 is 18.3. The van der Waals surface area contributed by atoms with E-state index in [4.69, 9.17) is 19.2 Å². The molecule has 1 amide bonds. The summed E-state index contributed by atoms with van der Waals surface area (Å²) in [5, 5.41) is 4.11. The van der Waals surface area contributed by atoms with Crippen molar-refractivity contribution in [3.63, 3.8) is 0 Å². The Morgan fingerprint density at radius 1 is 0.978 bits per heavy atom. The van der Waals surface area contributed by atoms with Crippen molar-refractivity contribution in [2.75, 3.05) is 33.4 Å². The van der Waals surface area contributed by atoms with Crippen molar-refractivity contribution < 1.29 is 19.0 Å². The number of para-hydroxylation sites is 1. The molecule has 5 aromatic rings. The first-order valence-electron chi connectivity index (χ1n) is 15.6. The number of carbonyl (C=O) groups excluding carboxylic acids is 1. The monoisotopic (exact) mass is 607 g/mol. The number of hydrogen-bond acceptors (Lipinski definition) is 7. The standard InChI is InChI=1S/C36H41N5O4/c1-36(2,3)45-35(42)38-28-16-18-40(19-17-28)23-25-8-10-26(11-9-25)30-7-5-6-27-12-15-33(39-34(27)30)41-24-37-31-22-29(13-14-32(31)41)44-21-20-43-4/h5-15,22,24,28H,16-21,23H2,1-4H3,(H,38,42). The number of pyridine rings is 1. The number of nitrogens with zero attached hydrogens (tertiary/aromatic N) is 4. The first-order chi connectivity index (χ1) is 21.8. The maximum atomic E-state index is 12.1. The molecule has 1 N–H and O–H groups in total. The zero-order valence-corrected chi connectivity index (χ0v) is 26.5. The van der Waals surface area contributed by atoms with E-state index < -0.39 is 5.60 Å². The van der Waals surface area contributed by atoms with Crippen molar-refractivity contribution in [3.05, 3.63) is 84.7 Å². The molecule has 0 radical (unpaired) electrons. The van der Waals surface area contributed by atoms with Crippen molar-refractivity contribution in [3.8, 4) is 22.7 Å². The fraction of sp³-hybridized carbons (Fsp3) is 0.361. The predicted molar refractivity (Wildman–Crippen MR) is 177 cm³/mol. The van der Waals surface area contributed by atoms with Crippen LogP contribution in [0.5, 0.6) is 5.75 Å². The molecule has 0 aliphatic carbocycles. The van der Waals surface area contributed by atoms with E-state index in [1.165, 1.54) is 5.56 Å². The number of piperidine rings is 1. The third kappa shape index (κ3) is 7.44. The molecule has 9 heteroatoms. The highest BCUT2D eigenvalue weighted by Gasteiger charge is 2.23. The molecule has 6 rings (SSSR count). The summed E-state index contributed by atoms with van der Waals surface area (Å²) in [6.07, 6.45) is 3.31. The average Bonchev–Trinajstić information content (AvgIpc) is 3.44. The van der Waals surface area contributed by atoms with Crippen molar-refractivity contribution in [1.82, 2.24) is 24.8 Å². The van der Waals surface area contributed by atoms with Gasteiger partial charge in [0, 0.05) is 49.8 Å². The molecule has 1 aliphatic heterocycles. The maximum Gasteiger partial charge on any atom is 0.407 e. The molecule has 0 unspecified atom stereocenters. The van der Waals surface area contributed by atoms with E-state index in [0.29, 0.717) is 13.2 Å². The zero-order chi connectivity index (χ0) is 31.4. The van der Waals surface area contributed by atoms with Gasteiger partial charge in [-0.25, -0.2) is 14.8 Å². The highest BCUT2D eigenvalue weighted by Crippen LogP contribution is 2.30. The van der Waals surface area contributed by atoms with Gasteiger partial charge in [0.15, 0.2) is 0 Å². The van der Waals surface area contributed by atoms with Crippen molar-refractivity contribution in [2.45, 2.75) is 51.8 Å². The number of ether oxygens (including phenoxy) is 3. The smallest absolute Gasteiger partial charge is 0.407 e. The van der Waals surface area contributed by atoms with Gasteiger partial charge in [-0.3, -0.25) is 9.47 Å². The summed E-state index contributed by atoms with van der Waals surface area (Å²) in [7, 11) is 1.66. The normalized spacial score (nSPS) is 14.6. The third-order valence-corrected chi connectivity index (χ3v) is 8.01. The molecule has 234 valence electrons. The molecule has 0 saturated carbocycles. The Bertz CT molecular complexity index is 1770. The number of fused-ring (bicyclic) bond motifs is 2. The molecule has 1 fully saturated rings. The Hall–Kier alpha value is -4.47. The lowest BCUT2D eigenvalue weighted by Gasteiger charge is -2.32. The number of methoxy groups -OCH3 is 1. The second-order valence-corrected chi connectivity index (χ2v) is 12.5. The van der Waals surface area contributed by atoms with Crippen LogP contribution >= 0.6 is 0 Å². The Morgan fingerprint density at radius 2 is 1.78 bits per heavy atom. The summed E-state index contributed by atoms with van der Waals surface area (Å²) >= 11 is 0. The average molecular weight is 608 g/mol. The van der Waals surface area contributed by atoms with Gasteiger partial charge in [0.1, 0.15) is 30.1 Å². The van der Waals surface area contributed by atoms with Crippen LogP contribution < -0.4 is 10.1 Å². The number of alkyl carbamates (subject to hydrolysis) is 1. The molecule has 45 heavy (non-hydrogen) atoms. The SMILES string of the molecule is COCCOc1ccc2c(c1)ncn2-c1ccc2cccc(-c3ccc(CN4CCC(NC(=O)OC(C)(C)C)CC4)cc3)c2n1. The second-order valence-electron chi connectivity index (χ2n) is 12.5. The highest BCUT2D eigenvalue weighted by molar-refractivity contribution is 5.94. The van der Waals surface area contributed by atoms with E-state index in [1.807, 2.05) is 55.9 Å². The lowest BCUT2D eigenvalue weighted by atomic mass is 10.00. The van der Waals surface area contributed by atoms with E-state index >= 15 is 0 Å². The minimum Gasteiger partial charge on any atom is -0.491 e. The lowest BCUT2D eigenvalue weighted by Crippen LogP contribution is -2.45. The molecule has 0 spiro atoms. The third-order valence-electron chi connectivity index (χ3n) is 8.01. The summed E-state index contributed by atoms with van der Waals surface area (Å²) in [4.78, 5) is 24.3. The predicted octanol–water partition coefficient (Wildman–Crippen LogP) is 6.76. The number of aromatic nitrogens is 3. The van der Waals surface area contributed by atoms with Crippen molar-refractivity contribution in [1.29, 1.82) is 0 Å². The molecule has 3 heterocycles. The second kappa shape index (κ2) is 13.3. The number of hydrogen-bond donors (Lipinski definition) is 1. The highest BCUT2D eigenvalue weighted by atomic mass is 16.6. The van der Waals surface area contributed by atoms with Gasteiger partial charge in [0.25, 0.3) is 0 Å². The molecule has 0 atom stereocenters. The van der Waals surface area contributed by atoms with E-state index in [1.54, 1.807) is 7.11 Å². The van der Waals surface area contributed by atoms with Crippen LogP contribution in [0.3, 0.4) is 0 Å². The van der Waals surface area contributed by atoms with Crippen LogP contribution in [0.4, 0.5) is 4.79 Å². The van der Waals surface area contributed by atoms with E-state index in [9.17, 15) is 4.79 Å². The molecule has 1 aliphatic rings. The minimum absolute atomic E-state index is 0.153. The Labute approximate surface area is 264 Å². The first-order valence-corrected chi connectivity index (χ1v) is 15.6. The minimum atomic E-state index is -0.485. The van der Waals surface area contributed by atoms with Crippen molar-refractivity contribution in [2.24, 2.45) is 0 Å². The number of imidazole rings is 1. The van der Waals surface area contributed by atoms with Crippen LogP contribution in [0, 0.1) is 0 Å². The number of rotatable bonds is 9. The summed E-state index contributed by atoms with van der Waals surface area (Å²) in [5.74, 6) is 1.58. The van der Waals surface area contributed by atoms with Crippen LogP contribution in [0.25, 0.3) is 38.9 Å². The van der Waals surface area contributed by atoms with Gasteiger partial charge in [-0.1, -0.05) is 42.5 Å². The van der Waals surface area contributed by atoms with Crippen LogP contribution in [-0.2, 0) is 16.0 Å². The molecule has 3 aromatic carbocycles. The molecule has 1 saturated heterocycles. The number of nitrogens with one attached hydrogen (secondary N) is 1. The van der Waals surface area contributed by atoms with Gasteiger partial charge < -0.3 is 19.5 Å². The number of amides is 1. The van der Waals surface area contributed by atoms with Gasteiger partial charge >= 0.3 is 6.09 Å². The number of benzene rings is 3. The molecule has 2 aromatic heterocycles. The number of likely N-dealkylation sites (tertiary alicyclic amines) is 1. The summed E-state index contributed by atoms with van der Waals surface area (Å²) in [5.41, 5.74) is 5.76. The quantitative estimate of drug-likeness (QED) is 0.185. The topological polar surface area (TPSA) is 90.7 Å². The molecule has 9 nitrogen and oxygen atoms in total. The van der Waals surface area contributed by atoms with Gasteiger partial charge in [-0.05, 0) is 69.0 Å². The van der Waals surface area contributed by atoms with E-state index in [2.05, 4.69) is 63.7 Å². The number of carbonyl (C=O) groups is 1. The molecular weight excluding hydrogens is 566 g/mol. The van der Waals surface area contributed by atoms with Crippen LogP contribution in [0.2, 0.25) is 0 Å². The van der Waals surface area contributed by atoms with E-state index in [-0.39, 0.29) is 12.1 Å². The lowest BCUT2D eigenvalue weighted by molar-refractivity contribution is 0.0477. The van der Waals surface area contributed by atoms with Crippen LogP contribution in [0.1, 0.15) is 39.2 Å². The Morgan fingerprint density at radius 3 is 2.53 bits per heavy atom. The summed E-state index contributed by atoms with van der Waals surface area (Å²) in [6.45, 7) is 9.43. The first kappa shape index (κ1) is 30.6. The largest absolute Gasteiger partial charge is 0.491 e. The maximum absolute atomic E-state index is 12.1. The zero-order valence-electron chi connectivity index (χ0n) is 26.5. The van der Waals surface area contributed by atoms with Crippen molar-refractivity contribution >= 4 is 28.0 Å². The fourth-order valence-corrected chi connectivity index (χ4v) is 5.77. The molecular formula is C36H41N5O4. The summed E-state index contributed by atoms with van der Waals surface area (Å²) in [6, 6.07) is 25.3. The Kier molecular flexibility index (Phi) is 9.00. The van der Waals surface area contributed by atoms with Crippen LogP contribution in [0.15, 0.2) is 79.1 Å². The van der Waals surface area contributed by atoms with Gasteiger partial charge in [-0.2, -0.15) is 0 Å². The van der Waals surface area contributed by atoms with Gasteiger partial charge in [0.05, 0.1) is 23.2 Å². The van der Waals surface area contributed by atoms with Crippen LogP contribution in [-0.4, -0.2) is 70.6 Å². The Balaban J connectivity index is 1.14. The molecule has 0 bridgehead atoms. The van der Waals surface area contributed by atoms with Gasteiger partial charge in [0.2, 0.25) is 0 Å². The van der Waals surface area contributed by atoms with Gasteiger partial charge in [-0.15, -0.1) is 0 Å². The van der Waals surface area contributed by atoms with E-state index in [0.717, 1.165) is 77.1 Å².